The van der Waals surface area contributed by atoms with E-state index in [0.29, 0.717) is 40.3 Å². The Morgan fingerprint density at radius 3 is 2.75 bits per heavy atom. The van der Waals surface area contributed by atoms with Gasteiger partial charge >= 0.3 is 0 Å². The molecule has 2 heterocycles. The first kappa shape index (κ1) is 19.8. The lowest BCUT2D eigenvalue weighted by Crippen LogP contribution is -2.31. The zero-order valence-corrected chi connectivity index (χ0v) is 16.7. The number of aromatic nitrogens is 3. The van der Waals surface area contributed by atoms with Crippen molar-refractivity contribution in [1.29, 1.82) is 0 Å². The van der Waals surface area contributed by atoms with E-state index >= 15 is 0 Å². The van der Waals surface area contributed by atoms with Crippen LogP contribution in [0.15, 0.2) is 46.0 Å². The minimum atomic E-state index is -0.297. The van der Waals surface area contributed by atoms with Crippen molar-refractivity contribution in [1.82, 2.24) is 20.7 Å². The number of amidine groups is 1. The summed E-state index contributed by atoms with van der Waals surface area (Å²) in [7, 11) is 0. The molecule has 0 fully saturated rings. The maximum absolute atomic E-state index is 12.5. The molecule has 1 unspecified atom stereocenters. The van der Waals surface area contributed by atoms with E-state index in [1.54, 1.807) is 6.92 Å². The molecule has 3 aromatic rings. The summed E-state index contributed by atoms with van der Waals surface area (Å²) in [5.74, 6) is 1.57. The highest BCUT2D eigenvalue weighted by atomic mass is 35.5. The van der Waals surface area contributed by atoms with Gasteiger partial charge in [-0.15, -0.1) is 0 Å². The molecule has 0 aliphatic heterocycles. The van der Waals surface area contributed by atoms with E-state index in [0.717, 1.165) is 17.7 Å². The van der Waals surface area contributed by atoms with Gasteiger partial charge in [0, 0.05) is 17.5 Å². The lowest BCUT2D eigenvalue weighted by Gasteiger charge is -2.12. The summed E-state index contributed by atoms with van der Waals surface area (Å²) in [5.41, 5.74) is 2.16. The van der Waals surface area contributed by atoms with Crippen LogP contribution in [-0.2, 0) is 0 Å². The smallest absolute Gasteiger partial charge is 0.261 e. The maximum atomic E-state index is 12.5. The lowest BCUT2D eigenvalue weighted by molar-refractivity contribution is 0.0974. The number of benzene rings is 1. The second-order valence-corrected chi connectivity index (χ2v) is 7.11. The standard InChI is InChI=1S/C20H22ClN5O2/c1-4-12(2)9-18(24-20(27)16-11-22-28-13(16)3)23-19-10-17(25-26-19)14-5-7-15(21)8-6-14/h5-8,10-12H,4,9H2,1-3H3,(H2,23,24,25,26,27). The summed E-state index contributed by atoms with van der Waals surface area (Å²) in [6.07, 6.45) is 2.99. The first-order chi connectivity index (χ1) is 13.5. The number of carbonyl (C=O) groups excluding carboxylic acids is 1. The topological polar surface area (TPSA) is 96.2 Å². The molecule has 2 N–H and O–H groups in total. The Hall–Kier alpha value is -2.93. The first-order valence-corrected chi connectivity index (χ1v) is 9.45. The molecule has 146 valence electrons. The number of aromatic amines is 1. The molecule has 7 nitrogen and oxygen atoms in total. The average Bonchev–Trinajstić information content (AvgIpc) is 3.31. The number of aryl methyl sites for hydroxylation is 1. The highest BCUT2D eigenvalue weighted by Gasteiger charge is 2.16. The third-order valence-electron chi connectivity index (χ3n) is 4.46. The second kappa shape index (κ2) is 8.84. The van der Waals surface area contributed by atoms with E-state index in [1.165, 1.54) is 6.20 Å². The van der Waals surface area contributed by atoms with Crippen LogP contribution in [0.2, 0.25) is 5.02 Å². The Morgan fingerprint density at radius 2 is 2.11 bits per heavy atom. The fourth-order valence-corrected chi connectivity index (χ4v) is 2.72. The fourth-order valence-electron chi connectivity index (χ4n) is 2.60. The Bertz CT molecular complexity index is 975. The van der Waals surface area contributed by atoms with E-state index in [-0.39, 0.29) is 5.91 Å². The van der Waals surface area contributed by atoms with Gasteiger partial charge in [0.1, 0.15) is 17.2 Å². The van der Waals surface area contributed by atoms with Crippen LogP contribution in [0.3, 0.4) is 0 Å². The highest BCUT2D eigenvalue weighted by molar-refractivity contribution is 6.30. The van der Waals surface area contributed by atoms with Gasteiger partial charge in [-0.3, -0.25) is 9.89 Å². The number of hydrogen-bond donors (Lipinski definition) is 2. The van der Waals surface area contributed by atoms with Gasteiger partial charge in [-0.25, -0.2) is 4.99 Å². The summed E-state index contributed by atoms with van der Waals surface area (Å²) in [6.45, 7) is 5.90. The Kier molecular flexibility index (Phi) is 6.26. The van der Waals surface area contributed by atoms with Gasteiger partial charge in [0.05, 0.1) is 11.9 Å². The van der Waals surface area contributed by atoms with Crippen LogP contribution < -0.4 is 5.32 Å². The summed E-state index contributed by atoms with van der Waals surface area (Å²) in [5, 5.41) is 14.4. The van der Waals surface area contributed by atoms with Crippen molar-refractivity contribution in [3.05, 3.63) is 52.9 Å². The molecule has 0 aliphatic carbocycles. The molecule has 0 saturated carbocycles. The van der Waals surface area contributed by atoms with Crippen LogP contribution in [0.5, 0.6) is 0 Å². The summed E-state index contributed by atoms with van der Waals surface area (Å²) < 4.78 is 4.97. The number of carbonyl (C=O) groups is 1. The molecule has 2 aromatic heterocycles. The van der Waals surface area contributed by atoms with Crippen molar-refractivity contribution in [2.75, 3.05) is 0 Å². The van der Waals surface area contributed by atoms with Gasteiger partial charge < -0.3 is 9.84 Å². The first-order valence-electron chi connectivity index (χ1n) is 9.07. The summed E-state index contributed by atoms with van der Waals surface area (Å²) in [4.78, 5) is 17.1. The number of amides is 1. The van der Waals surface area contributed by atoms with Crippen LogP contribution in [-0.4, -0.2) is 27.1 Å². The SMILES string of the molecule is CCC(C)CC(=Nc1cc(-c2ccc(Cl)cc2)[nH]n1)NC(=O)c1cnoc1C. The molecule has 0 bridgehead atoms. The Labute approximate surface area is 168 Å². The van der Waals surface area contributed by atoms with E-state index in [2.05, 4.69) is 39.5 Å². The van der Waals surface area contributed by atoms with Crippen molar-refractivity contribution in [3.8, 4) is 11.3 Å². The van der Waals surface area contributed by atoms with E-state index in [9.17, 15) is 4.79 Å². The normalized spacial score (nSPS) is 12.8. The van der Waals surface area contributed by atoms with Crippen LogP contribution in [0.4, 0.5) is 5.82 Å². The van der Waals surface area contributed by atoms with E-state index in [4.69, 9.17) is 16.1 Å². The number of H-pyrrole nitrogens is 1. The van der Waals surface area contributed by atoms with Crippen molar-refractivity contribution < 1.29 is 9.32 Å². The quantitative estimate of drug-likeness (QED) is 0.454. The number of nitrogens with zero attached hydrogens (tertiary/aromatic N) is 3. The van der Waals surface area contributed by atoms with Crippen molar-refractivity contribution in [3.63, 3.8) is 0 Å². The minimum Gasteiger partial charge on any atom is -0.361 e. The van der Waals surface area contributed by atoms with Crippen LogP contribution in [0, 0.1) is 12.8 Å². The van der Waals surface area contributed by atoms with Crippen molar-refractivity contribution >= 4 is 29.2 Å². The molecule has 0 saturated heterocycles. The van der Waals surface area contributed by atoms with E-state index in [1.807, 2.05) is 30.3 Å². The van der Waals surface area contributed by atoms with Gasteiger partial charge in [-0.1, -0.05) is 49.2 Å². The number of nitrogens with one attached hydrogen (secondary N) is 2. The fraction of sp³-hybridized carbons (Fsp3) is 0.300. The van der Waals surface area contributed by atoms with Gasteiger partial charge in [-0.05, 0) is 30.5 Å². The molecule has 0 spiro atoms. The second-order valence-electron chi connectivity index (χ2n) is 6.67. The maximum Gasteiger partial charge on any atom is 0.261 e. The predicted octanol–water partition coefficient (Wildman–Crippen LogP) is 4.92. The number of rotatable bonds is 6. The molecule has 0 radical (unpaired) electrons. The molecular formula is C20H22ClN5O2. The minimum absolute atomic E-state index is 0.297. The summed E-state index contributed by atoms with van der Waals surface area (Å²) >= 11 is 5.94. The third-order valence-corrected chi connectivity index (χ3v) is 4.71. The molecule has 3 rings (SSSR count). The van der Waals surface area contributed by atoms with Gasteiger partial charge in [-0.2, -0.15) is 5.10 Å². The Balaban J connectivity index is 1.83. The highest BCUT2D eigenvalue weighted by Crippen LogP contribution is 2.23. The van der Waals surface area contributed by atoms with Crippen molar-refractivity contribution in [2.45, 2.75) is 33.6 Å². The molecule has 1 atom stereocenters. The zero-order chi connectivity index (χ0) is 20.1. The monoisotopic (exact) mass is 399 g/mol. The van der Waals surface area contributed by atoms with Crippen LogP contribution in [0.25, 0.3) is 11.3 Å². The van der Waals surface area contributed by atoms with E-state index < -0.39 is 0 Å². The molecule has 1 amide bonds. The number of hydrogen-bond acceptors (Lipinski definition) is 5. The van der Waals surface area contributed by atoms with Gasteiger partial charge in [0.25, 0.3) is 5.91 Å². The van der Waals surface area contributed by atoms with Crippen molar-refractivity contribution in [2.24, 2.45) is 10.9 Å². The summed E-state index contributed by atoms with van der Waals surface area (Å²) in [6, 6.07) is 9.27. The zero-order valence-electron chi connectivity index (χ0n) is 16.0. The average molecular weight is 400 g/mol. The molecule has 8 heteroatoms. The molecule has 1 aromatic carbocycles. The van der Waals surface area contributed by atoms with Crippen LogP contribution in [0.1, 0.15) is 42.8 Å². The Morgan fingerprint density at radius 1 is 1.36 bits per heavy atom. The number of aliphatic imine (C=N–C) groups is 1. The van der Waals surface area contributed by atoms with Crippen LogP contribution >= 0.6 is 11.6 Å². The molecule has 28 heavy (non-hydrogen) atoms. The predicted molar refractivity (Wildman–Crippen MR) is 109 cm³/mol. The largest absolute Gasteiger partial charge is 0.361 e. The van der Waals surface area contributed by atoms with Gasteiger partial charge in [0.15, 0.2) is 5.82 Å². The third kappa shape index (κ3) is 4.86. The molecule has 0 aliphatic rings. The van der Waals surface area contributed by atoms with Gasteiger partial charge in [0.2, 0.25) is 0 Å². The molecular weight excluding hydrogens is 378 g/mol. The number of halogens is 1. The lowest BCUT2D eigenvalue weighted by atomic mass is 10.0.